The van der Waals surface area contributed by atoms with Crippen molar-refractivity contribution in [2.45, 2.75) is 19.4 Å². The zero-order valence-corrected chi connectivity index (χ0v) is 11.4. The van der Waals surface area contributed by atoms with Gasteiger partial charge in [0.1, 0.15) is 5.69 Å². The second kappa shape index (κ2) is 5.65. The van der Waals surface area contributed by atoms with Crippen molar-refractivity contribution in [1.82, 2.24) is 4.98 Å². The number of carboxylic acids is 1. The Morgan fingerprint density at radius 2 is 2.16 bits per heavy atom. The zero-order valence-electron chi connectivity index (χ0n) is 10.5. The third-order valence-corrected chi connectivity index (χ3v) is 2.68. The maximum absolute atomic E-state index is 11.4. The molecule has 104 valence electrons. The molecule has 1 rings (SSSR count). The second-order valence-electron chi connectivity index (χ2n) is 3.91. The summed E-state index contributed by atoms with van der Waals surface area (Å²) in [7, 11) is 1.19. The first-order chi connectivity index (χ1) is 8.77. The van der Waals surface area contributed by atoms with Gasteiger partial charge >= 0.3 is 11.9 Å². The number of anilines is 1. The van der Waals surface area contributed by atoms with Crippen LogP contribution in [0.15, 0.2) is 10.5 Å². The van der Waals surface area contributed by atoms with Crippen LogP contribution in [-0.4, -0.2) is 40.5 Å². The van der Waals surface area contributed by atoms with Gasteiger partial charge in [-0.15, -0.1) is 11.3 Å². The number of hydrogen-bond donors (Lipinski definition) is 2. The van der Waals surface area contributed by atoms with Crippen LogP contribution < -0.4 is 5.73 Å². The topological polar surface area (TPSA) is 124 Å². The van der Waals surface area contributed by atoms with Crippen LogP contribution in [0, 0.1) is 0 Å². The van der Waals surface area contributed by atoms with Gasteiger partial charge in [0.2, 0.25) is 11.3 Å². The molecule has 3 N–H and O–H groups in total. The van der Waals surface area contributed by atoms with Gasteiger partial charge in [0.15, 0.2) is 5.13 Å². The van der Waals surface area contributed by atoms with Crippen LogP contribution in [-0.2, 0) is 19.2 Å². The fourth-order valence-corrected chi connectivity index (χ4v) is 1.58. The number of nitrogen functional groups attached to an aromatic ring is 1. The van der Waals surface area contributed by atoms with Crippen LogP contribution in [0.25, 0.3) is 0 Å². The number of carboxylic acid groups (broad SMARTS) is 1. The second-order valence-corrected chi connectivity index (χ2v) is 4.80. The number of oxime groups is 1. The van der Waals surface area contributed by atoms with E-state index in [2.05, 4.69) is 14.9 Å². The molecule has 0 atom stereocenters. The van der Waals surface area contributed by atoms with E-state index < -0.39 is 23.3 Å². The van der Waals surface area contributed by atoms with Crippen LogP contribution in [0.2, 0.25) is 0 Å². The van der Waals surface area contributed by atoms with Gasteiger partial charge < -0.3 is 20.4 Å². The van der Waals surface area contributed by atoms with Crippen molar-refractivity contribution in [3.8, 4) is 0 Å². The minimum atomic E-state index is -1.41. The van der Waals surface area contributed by atoms with Crippen molar-refractivity contribution in [2.24, 2.45) is 5.16 Å². The third-order valence-electron chi connectivity index (χ3n) is 2.01. The molecule has 0 fully saturated rings. The molecule has 0 aliphatic carbocycles. The lowest BCUT2D eigenvalue weighted by molar-refractivity contribution is -0.165. The Hall–Kier alpha value is -2.16. The molecule has 0 spiro atoms. The number of aliphatic carboxylic acids is 1. The fourth-order valence-electron chi connectivity index (χ4n) is 1.03. The first kappa shape index (κ1) is 14.9. The van der Waals surface area contributed by atoms with Crippen LogP contribution in [0.4, 0.5) is 5.13 Å². The first-order valence-corrected chi connectivity index (χ1v) is 5.95. The van der Waals surface area contributed by atoms with E-state index in [0.717, 1.165) is 11.3 Å². The number of rotatable bonds is 5. The van der Waals surface area contributed by atoms with Crippen LogP contribution in [0.5, 0.6) is 0 Å². The van der Waals surface area contributed by atoms with Crippen LogP contribution >= 0.6 is 11.3 Å². The van der Waals surface area contributed by atoms with Gasteiger partial charge in [-0.3, -0.25) is 0 Å². The fraction of sp³-hybridized carbons (Fsp3) is 0.400. The largest absolute Gasteiger partial charge is 0.476 e. The predicted molar refractivity (Wildman–Crippen MR) is 67.9 cm³/mol. The lowest BCUT2D eigenvalue weighted by Crippen LogP contribution is -2.35. The highest BCUT2D eigenvalue weighted by molar-refractivity contribution is 7.13. The Bertz CT molecular complexity index is 523. The van der Waals surface area contributed by atoms with Gasteiger partial charge in [-0.2, -0.15) is 0 Å². The number of hydrogen-bond acceptors (Lipinski definition) is 8. The van der Waals surface area contributed by atoms with E-state index >= 15 is 0 Å². The molecule has 1 aromatic heterocycles. The monoisotopic (exact) mass is 287 g/mol. The molecule has 0 unspecified atom stereocenters. The molecule has 0 amide bonds. The SMILES string of the molecule is COC(=O)C(C)(C)ON=C(C(=O)O)c1csc(N)n1. The number of aromatic nitrogens is 1. The highest BCUT2D eigenvalue weighted by Gasteiger charge is 2.32. The summed E-state index contributed by atoms with van der Waals surface area (Å²) in [5.41, 5.74) is 3.63. The molecule has 19 heavy (non-hydrogen) atoms. The van der Waals surface area contributed by atoms with Crippen LogP contribution in [0.3, 0.4) is 0 Å². The molecule has 0 saturated heterocycles. The number of nitrogens with zero attached hydrogens (tertiary/aromatic N) is 2. The molecule has 1 aromatic rings. The van der Waals surface area contributed by atoms with Gasteiger partial charge in [0.25, 0.3) is 0 Å². The van der Waals surface area contributed by atoms with Gasteiger partial charge in [-0.25, -0.2) is 14.6 Å². The van der Waals surface area contributed by atoms with Crippen molar-refractivity contribution in [3.63, 3.8) is 0 Å². The number of thiazole rings is 1. The normalized spacial score (nSPS) is 12.1. The summed E-state index contributed by atoms with van der Waals surface area (Å²) in [6, 6.07) is 0. The summed E-state index contributed by atoms with van der Waals surface area (Å²) >= 11 is 1.07. The third kappa shape index (κ3) is 3.65. The quantitative estimate of drug-likeness (QED) is 0.458. The van der Waals surface area contributed by atoms with Crippen molar-refractivity contribution in [3.05, 3.63) is 11.1 Å². The number of esters is 1. The molecular formula is C10H13N3O5S. The lowest BCUT2D eigenvalue weighted by atomic mass is 10.1. The molecule has 0 aromatic carbocycles. The Kier molecular flexibility index (Phi) is 4.43. The smallest absolute Gasteiger partial charge is 0.360 e. The summed E-state index contributed by atoms with van der Waals surface area (Å²) in [5, 5.41) is 14.1. The molecular weight excluding hydrogens is 274 g/mol. The highest BCUT2D eigenvalue weighted by atomic mass is 32.1. The molecule has 9 heteroatoms. The molecule has 0 aliphatic heterocycles. The minimum Gasteiger partial charge on any atom is -0.476 e. The van der Waals surface area contributed by atoms with Gasteiger partial charge in [-0.05, 0) is 13.8 Å². The average Bonchev–Trinajstić information content (AvgIpc) is 2.74. The Morgan fingerprint density at radius 3 is 2.58 bits per heavy atom. The number of methoxy groups -OCH3 is 1. The van der Waals surface area contributed by atoms with Crippen molar-refractivity contribution in [2.75, 3.05) is 12.8 Å². The Balaban J connectivity index is 2.98. The predicted octanol–water partition coefficient (Wildman–Crippen LogP) is 0.482. The van der Waals surface area contributed by atoms with E-state index in [9.17, 15) is 9.59 Å². The van der Waals surface area contributed by atoms with E-state index in [0.29, 0.717) is 0 Å². The number of carbonyl (C=O) groups excluding carboxylic acids is 1. The maximum Gasteiger partial charge on any atom is 0.360 e. The van der Waals surface area contributed by atoms with Crippen molar-refractivity contribution >= 4 is 34.1 Å². The molecule has 0 saturated carbocycles. The standard InChI is InChI=1S/C10H13N3O5S/c1-10(2,8(16)17-3)18-13-6(7(14)15)5-4-19-9(11)12-5/h4H,1-3H3,(H2,11,12)(H,14,15). The molecule has 0 aliphatic rings. The van der Waals surface area contributed by atoms with E-state index in [1.54, 1.807) is 0 Å². The average molecular weight is 287 g/mol. The molecule has 8 nitrogen and oxygen atoms in total. The number of nitrogens with two attached hydrogens (primary N) is 1. The van der Waals surface area contributed by atoms with Crippen molar-refractivity contribution < 1.29 is 24.3 Å². The van der Waals surface area contributed by atoms with Crippen molar-refractivity contribution in [1.29, 1.82) is 0 Å². The van der Waals surface area contributed by atoms with Gasteiger partial charge in [0.05, 0.1) is 7.11 Å². The highest BCUT2D eigenvalue weighted by Crippen LogP contribution is 2.15. The summed E-state index contributed by atoms with van der Waals surface area (Å²) in [6.07, 6.45) is 0. The Labute approximate surface area is 112 Å². The minimum absolute atomic E-state index is 0.0654. The van der Waals surface area contributed by atoms with E-state index in [1.807, 2.05) is 0 Å². The van der Waals surface area contributed by atoms with Crippen LogP contribution in [0.1, 0.15) is 19.5 Å². The van der Waals surface area contributed by atoms with Gasteiger partial charge in [-0.1, -0.05) is 5.16 Å². The molecule has 0 radical (unpaired) electrons. The van der Waals surface area contributed by atoms with E-state index in [-0.39, 0.29) is 10.8 Å². The summed E-state index contributed by atoms with van der Waals surface area (Å²) in [5.74, 6) is -2.02. The molecule has 0 bridgehead atoms. The van der Waals surface area contributed by atoms with Gasteiger partial charge in [0, 0.05) is 5.38 Å². The number of ether oxygens (including phenoxy) is 1. The summed E-state index contributed by atoms with van der Waals surface area (Å²) in [4.78, 5) is 31.1. The number of carbonyl (C=O) groups is 2. The summed E-state index contributed by atoms with van der Waals surface area (Å²) < 4.78 is 4.50. The lowest BCUT2D eigenvalue weighted by Gasteiger charge is -2.18. The first-order valence-electron chi connectivity index (χ1n) is 5.07. The zero-order chi connectivity index (χ0) is 14.6. The summed E-state index contributed by atoms with van der Waals surface area (Å²) in [6.45, 7) is 2.80. The molecule has 1 heterocycles. The maximum atomic E-state index is 11.4. The van der Waals surface area contributed by atoms with E-state index in [4.69, 9.17) is 15.7 Å². The van der Waals surface area contributed by atoms with E-state index in [1.165, 1.54) is 26.3 Å². The Morgan fingerprint density at radius 1 is 1.53 bits per heavy atom.